The fourth-order valence-corrected chi connectivity index (χ4v) is 9.72. The van der Waals surface area contributed by atoms with Crippen molar-refractivity contribution in [3.05, 3.63) is 71.8 Å². The van der Waals surface area contributed by atoms with E-state index in [1.807, 2.05) is 67.6 Å². The van der Waals surface area contributed by atoms with Crippen molar-refractivity contribution in [2.45, 2.75) is 200 Å². The van der Waals surface area contributed by atoms with Gasteiger partial charge >= 0.3 is 12.2 Å². The van der Waals surface area contributed by atoms with Gasteiger partial charge in [-0.05, 0) is 80.0 Å². The van der Waals surface area contributed by atoms with Gasteiger partial charge < -0.3 is 28.3 Å². The average molecular weight is 868 g/mol. The van der Waals surface area contributed by atoms with Crippen LogP contribution in [0.3, 0.4) is 0 Å². The fraction of sp³-hybridized carbons (Fsp3) is 0.688. The number of rotatable bonds is 21. The van der Waals surface area contributed by atoms with Gasteiger partial charge in [0.25, 0.3) is 0 Å². The van der Waals surface area contributed by atoms with Crippen LogP contribution < -0.4 is 5.32 Å². The minimum absolute atomic E-state index is 0.0149. The highest BCUT2D eigenvalue weighted by atomic mass is 28.4. The van der Waals surface area contributed by atoms with E-state index in [4.69, 9.17) is 18.3 Å². The van der Waals surface area contributed by atoms with E-state index >= 15 is 0 Å². The second-order valence-electron chi connectivity index (χ2n) is 20.0. The largest absolute Gasteiger partial charge is 0.444 e. The minimum atomic E-state index is -2.21. The lowest BCUT2D eigenvalue weighted by Gasteiger charge is -2.43. The van der Waals surface area contributed by atoms with Crippen molar-refractivity contribution in [2.24, 2.45) is 10.9 Å². The molecule has 2 aromatic rings. The quantitative estimate of drug-likeness (QED) is 0.0551. The van der Waals surface area contributed by atoms with Crippen molar-refractivity contribution >= 4 is 34.8 Å². The molecule has 60 heavy (non-hydrogen) atoms. The molecule has 338 valence electrons. The van der Waals surface area contributed by atoms with Gasteiger partial charge in [-0.25, -0.2) is 9.59 Å². The van der Waals surface area contributed by atoms with Gasteiger partial charge in [0.15, 0.2) is 16.6 Å². The molecule has 12 heteroatoms. The number of alkyl carbamates (subject to hydrolysis) is 1. The number of amides is 2. The SMILES string of the molecule is CCCCCCCCC[C@@H](C[C@@H]1CC[C@@H]([C@@H](CO[Si](C)(C)C(C)(C)C)[C@H](C)O)N1/C(=N\C(=O)OCc1ccccc1)NC(=O)OCc1ccccc1)O[Si](C)(C)C(C)(C)C. The normalized spacial score (nSPS) is 18.2. The Hall–Kier alpha value is -3.04. The molecule has 2 N–H and O–H groups in total. The molecule has 0 spiro atoms. The van der Waals surface area contributed by atoms with E-state index in [-0.39, 0.29) is 53.4 Å². The van der Waals surface area contributed by atoms with Gasteiger partial charge in [0.05, 0.1) is 6.10 Å². The summed E-state index contributed by atoms with van der Waals surface area (Å²) >= 11 is 0. The van der Waals surface area contributed by atoms with E-state index in [1.165, 1.54) is 32.1 Å². The third kappa shape index (κ3) is 16.7. The summed E-state index contributed by atoms with van der Waals surface area (Å²) in [6.07, 6.45) is 9.16. The van der Waals surface area contributed by atoms with Crippen LogP contribution in [0.2, 0.25) is 36.3 Å². The zero-order chi connectivity index (χ0) is 44.6. The maximum Gasteiger partial charge on any atom is 0.437 e. The van der Waals surface area contributed by atoms with E-state index < -0.39 is 34.9 Å². The number of unbranched alkanes of at least 4 members (excludes halogenated alkanes) is 6. The van der Waals surface area contributed by atoms with Crippen molar-refractivity contribution in [1.29, 1.82) is 0 Å². The van der Waals surface area contributed by atoms with Crippen molar-refractivity contribution in [2.75, 3.05) is 6.61 Å². The number of hydrogen-bond acceptors (Lipinski definition) is 7. The Morgan fingerprint density at radius 1 is 0.800 bits per heavy atom. The summed E-state index contributed by atoms with van der Waals surface area (Å²) < 4.78 is 25.5. The average Bonchev–Trinajstić information content (AvgIpc) is 3.57. The lowest BCUT2D eigenvalue weighted by Crippen LogP contribution is -2.56. The molecule has 1 aliphatic rings. The predicted octanol–water partition coefficient (Wildman–Crippen LogP) is 12.4. The Bertz CT molecular complexity index is 1590. The fourth-order valence-electron chi connectivity index (χ4n) is 7.28. The van der Waals surface area contributed by atoms with Crippen LogP contribution in [0.25, 0.3) is 0 Å². The van der Waals surface area contributed by atoms with E-state index in [1.54, 1.807) is 0 Å². The monoisotopic (exact) mass is 868 g/mol. The third-order valence-electron chi connectivity index (χ3n) is 13.1. The molecule has 0 aromatic heterocycles. The third-order valence-corrected chi connectivity index (χ3v) is 22.1. The second-order valence-corrected chi connectivity index (χ2v) is 29.6. The molecule has 3 rings (SSSR count). The summed E-state index contributed by atoms with van der Waals surface area (Å²) in [5.74, 6) is -0.293. The number of aliphatic hydroxyl groups is 1. The van der Waals surface area contributed by atoms with Crippen molar-refractivity contribution in [1.82, 2.24) is 10.2 Å². The van der Waals surface area contributed by atoms with E-state index in [0.29, 0.717) is 19.4 Å². The molecule has 1 saturated heterocycles. The highest BCUT2D eigenvalue weighted by molar-refractivity contribution is 6.74. The Balaban J connectivity index is 2.07. The Morgan fingerprint density at radius 2 is 1.33 bits per heavy atom. The van der Waals surface area contributed by atoms with Gasteiger partial charge in [0, 0.05) is 30.7 Å². The van der Waals surface area contributed by atoms with Crippen molar-refractivity contribution < 1.29 is 33.0 Å². The minimum Gasteiger partial charge on any atom is -0.444 e. The molecule has 2 aromatic carbocycles. The van der Waals surface area contributed by atoms with Gasteiger partial charge in [0.1, 0.15) is 13.2 Å². The van der Waals surface area contributed by atoms with Crippen LogP contribution in [0, 0.1) is 5.92 Å². The Labute approximate surface area is 365 Å². The zero-order valence-electron chi connectivity index (χ0n) is 39.4. The van der Waals surface area contributed by atoms with Gasteiger partial charge in [-0.1, -0.05) is 154 Å². The highest BCUT2D eigenvalue weighted by Crippen LogP contribution is 2.41. The summed E-state index contributed by atoms with van der Waals surface area (Å²) in [6.45, 7) is 26.9. The van der Waals surface area contributed by atoms with Gasteiger partial charge in [0.2, 0.25) is 5.96 Å². The molecule has 0 radical (unpaired) electrons. The van der Waals surface area contributed by atoms with Crippen LogP contribution in [-0.4, -0.2) is 75.7 Å². The van der Waals surface area contributed by atoms with Crippen LogP contribution in [0.1, 0.15) is 137 Å². The maximum atomic E-state index is 13.7. The summed E-state index contributed by atoms with van der Waals surface area (Å²) in [5.41, 5.74) is 1.65. The number of likely N-dealkylation sites (tertiary alicyclic amines) is 1. The Morgan fingerprint density at radius 3 is 1.87 bits per heavy atom. The van der Waals surface area contributed by atoms with Crippen LogP contribution >= 0.6 is 0 Å². The van der Waals surface area contributed by atoms with E-state index in [0.717, 1.165) is 36.8 Å². The standard InChI is InChI=1S/C48H81N3O7Si2/c1-13-14-15-16-17-18-25-30-41(58-60(11,12)48(6,7)8)33-40-31-32-43(42(37(2)52)36-57-59(9,10)47(3,4)5)51(40)44(49-45(53)55-34-38-26-21-19-22-27-38)50-46(54)56-35-39-28-23-20-24-29-39/h19-24,26-29,37,40-43,52H,13-18,25,30-36H2,1-12H3,(H,49,50,53,54)/t37-,40-,41-,42-,43-/m0/s1. The molecule has 5 atom stereocenters. The first kappa shape index (κ1) is 51.3. The number of aliphatic hydroxyl groups excluding tert-OH is 1. The summed E-state index contributed by atoms with van der Waals surface area (Å²) in [4.78, 5) is 34.0. The molecule has 1 aliphatic heterocycles. The molecular weight excluding hydrogens is 787 g/mol. The van der Waals surface area contributed by atoms with E-state index in [2.05, 4.69) is 89.9 Å². The molecule has 1 heterocycles. The molecule has 0 unspecified atom stereocenters. The number of nitrogens with zero attached hydrogens (tertiary/aromatic N) is 2. The van der Waals surface area contributed by atoms with Crippen LogP contribution in [-0.2, 0) is 31.5 Å². The van der Waals surface area contributed by atoms with Gasteiger partial charge in [-0.15, -0.1) is 4.99 Å². The summed E-state index contributed by atoms with van der Waals surface area (Å²) in [7, 11) is -4.40. The van der Waals surface area contributed by atoms with Gasteiger partial charge in [-0.3, -0.25) is 5.32 Å². The molecule has 0 saturated carbocycles. The molecule has 10 nitrogen and oxygen atoms in total. The maximum absolute atomic E-state index is 13.7. The predicted molar refractivity (Wildman–Crippen MR) is 250 cm³/mol. The van der Waals surface area contributed by atoms with E-state index in [9.17, 15) is 14.7 Å². The number of carbonyl (C=O) groups is 2. The first-order chi connectivity index (χ1) is 28.1. The molecule has 2 amide bonds. The molecule has 0 aliphatic carbocycles. The number of aliphatic imine (C=N–C) groups is 1. The molecule has 0 bridgehead atoms. The van der Waals surface area contributed by atoms with Crippen molar-refractivity contribution in [3.63, 3.8) is 0 Å². The van der Waals surface area contributed by atoms with Gasteiger partial charge in [-0.2, -0.15) is 0 Å². The first-order valence-corrected chi connectivity index (χ1v) is 28.5. The molecular formula is C48H81N3O7Si2. The number of carbonyl (C=O) groups excluding carboxylic acids is 2. The summed E-state index contributed by atoms with van der Waals surface area (Å²) in [6, 6.07) is 18.4. The Kier molecular flexibility index (Phi) is 20.5. The number of hydrogen-bond donors (Lipinski definition) is 2. The smallest absolute Gasteiger partial charge is 0.437 e. The van der Waals surface area contributed by atoms with Crippen LogP contribution in [0.15, 0.2) is 65.7 Å². The second kappa shape index (κ2) is 24.0. The number of nitrogens with one attached hydrogen (secondary N) is 1. The molecule has 1 fully saturated rings. The summed E-state index contributed by atoms with van der Waals surface area (Å²) in [5, 5.41) is 14.4. The lowest BCUT2D eigenvalue weighted by atomic mass is 9.93. The lowest BCUT2D eigenvalue weighted by molar-refractivity contribution is 0.0375. The number of guanidine groups is 1. The number of benzene rings is 2. The van der Waals surface area contributed by atoms with Crippen LogP contribution in [0.4, 0.5) is 9.59 Å². The first-order valence-electron chi connectivity index (χ1n) is 22.7. The number of ether oxygens (including phenoxy) is 2. The topological polar surface area (TPSA) is 119 Å². The zero-order valence-corrected chi connectivity index (χ0v) is 41.4. The van der Waals surface area contributed by atoms with Crippen LogP contribution in [0.5, 0.6) is 0 Å². The highest BCUT2D eigenvalue weighted by Gasteiger charge is 2.46. The van der Waals surface area contributed by atoms with Crippen molar-refractivity contribution in [3.8, 4) is 0 Å².